The SMILES string of the molecule is Cc1csc(C2CC(C(O)c3ccc(F)cc3)CCN2C)c1. The molecule has 2 aromatic rings. The van der Waals surface area contributed by atoms with Crippen LogP contribution in [-0.4, -0.2) is 23.6 Å². The first-order valence-corrected chi connectivity index (χ1v) is 8.61. The summed E-state index contributed by atoms with van der Waals surface area (Å²) in [4.78, 5) is 3.75. The molecular formula is C18H22FNOS. The Morgan fingerprint density at radius 1 is 1.32 bits per heavy atom. The topological polar surface area (TPSA) is 23.5 Å². The fourth-order valence-corrected chi connectivity index (χ4v) is 4.37. The molecule has 1 N–H and O–H groups in total. The molecule has 4 heteroatoms. The third-order valence-electron chi connectivity index (χ3n) is 4.65. The Bertz CT molecular complexity index is 624. The number of thiophene rings is 1. The summed E-state index contributed by atoms with van der Waals surface area (Å²) in [5.74, 6) is -0.0414. The summed E-state index contributed by atoms with van der Waals surface area (Å²) < 4.78 is 13.0. The normalized spacial score (nSPS) is 24.4. The van der Waals surface area contributed by atoms with Crippen molar-refractivity contribution in [1.29, 1.82) is 0 Å². The van der Waals surface area contributed by atoms with Gasteiger partial charge in [-0.25, -0.2) is 4.39 Å². The standard InChI is InChI=1S/C18H22FNOS/c1-12-9-17(22-11-12)16-10-14(7-8-20(16)2)18(21)13-3-5-15(19)6-4-13/h3-6,9,11,14,16,18,21H,7-8,10H2,1-2H3. The molecule has 2 nitrogen and oxygen atoms in total. The Kier molecular flexibility index (Phi) is 4.62. The van der Waals surface area contributed by atoms with Crippen LogP contribution in [0.5, 0.6) is 0 Å². The molecule has 3 rings (SSSR count). The predicted octanol–water partition coefficient (Wildman–Crippen LogP) is 4.31. The molecule has 2 heterocycles. The second-order valence-electron chi connectivity index (χ2n) is 6.30. The van der Waals surface area contributed by atoms with Crippen LogP contribution in [0.4, 0.5) is 4.39 Å². The summed E-state index contributed by atoms with van der Waals surface area (Å²) in [5, 5.41) is 12.8. The maximum atomic E-state index is 13.0. The molecule has 1 aromatic heterocycles. The largest absolute Gasteiger partial charge is 0.388 e. The van der Waals surface area contributed by atoms with Crippen LogP contribution < -0.4 is 0 Å². The number of likely N-dealkylation sites (tertiary alicyclic amines) is 1. The van der Waals surface area contributed by atoms with Crippen LogP contribution in [0.1, 0.15) is 41.0 Å². The monoisotopic (exact) mass is 319 g/mol. The van der Waals surface area contributed by atoms with Crippen molar-refractivity contribution < 1.29 is 9.50 Å². The lowest BCUT2D eigenvalue weighted by atomic mass is 9.83. The summed E-state index contributed by atoms with van der Waals surface area (Å²) in [6.45, 7) is 3.10. The lowest BCUT2D eigenvalue weighted by Gasteiger charge is -2.38. The van der Waals surface area contributed by atoms with Gasteiger partial charge in [-0.2, -0.15) is 0 Å². The number of aryl methyl sites for hydroxylation is 1. The van der Waals surface area contributed by atoms with Crippen LogP contribution in [0.25, 0.3) is 0 Å². The Balaban J connectivity index is 1.76. The zero-order chi connectivity index (χ0) is 15.7. The van der Waals surface area contributed by atoms with E-state index in [9.17, 15) is 9.50 Å². The maximum absolute atomic E-state index is 13.0. The zero-order valence-corrected chi connectivity index (χ0v) is 13.8. The molecule has 22 heavy (non-hydrogen) atoms. The molecular weight excluding hydrogens is 297 g/mol. The second-order valence-corrected chi connectivity index (χ2v) is 7.25. The van der Waals surface area contributed by atoms with Crippen LogP contribution in [0, 0.1) is 18.7 Å². The first kappa shape index (κ1) is 15.7. The van der Waals surface area contributed by atoms with E-state index in [1.165, 1.54) is 22.6 Å². The molecule has 3 unspecified atom stereocenters. The van der Waals surface area contributed by atoms with E-state index in [0.717, 1.165) is 24.9 Å². The van der Waals surface area contributed by atoms with Crippen LogP contribution in [0.2, 0.25) is 0 Å². The highest BCUT2D eigenvalue weighted by atomic mass is 32.1. The molecule has 1 fully saturated rings. The Morgan fingerprint density at radius 2 is 2.05 bits per heavy atom. The molecule has 1 aliphatic rings. The van der Waals surface area contributed by atoms with Gasteiger partial charge in [0.2, 0.25) is 0 Å². The number of rotatable bonds is 3. The van der Waals surface area contributed by atoms with Gasteiger partial charge in [0.1, 0.15) is 5.82 Å². The van der Waals surface area contributed by atoms with Gasteiger partial charge in [0, 0.05) is 10.9 Å². The van der Waals surface area contributed by atoms with Crippen LogP contribution >= 0.6 is 11.3 Å². The molecule has 0 aliphatic carbocycles. The lowest BCUT2D eigenvalue weighted by Crippen LogP contribution is -2.35. The van der Waals surface area contributed by atoms with Gasteiger partial charge in [-0.3, -0.25) is 4.90 Å². The van der Waals surface area contributed by atoms with E-state index in [-0.39, 0.29) is 11.7 Å². The summed E-state index contributed by atoms with van der Waals surface area (Å²) in [6.07, 6.45) is 1.39. The average Bonchev–Trinajstić information content (AvgIpc) is 2.94. The number of piperidine rings is 1. The molecule has 1 aliphatic heterocycles. The van der Waals surface area contributed by atoms with E-state index in [2.05, 4.69) is 30.3 Å². The Labute approximate surface area is 135 Å². The smallest absolute Gasteiger partial charge is 0.123 e. The van der Waals surface area contributed by atoms with E-state index in [0.29, 0.717) is 6.04 Å². The average molecular weight is 319 g/mol. The van der Waals surface area contributed by atoms with E-state index < -0.39 is 6.10 Å². The van der Waals surface area contributed by atoms with Gasteiger partial charge in [0.25, 0.3) is 0 Å². The predicted molar refractivity (Wildman–Crippen MR) is 88.5 cm³/mol. The summed E-state index contributed by atoms with van der Waals surface area (Å²) in [6, 6.07) is 8.86. The molecule has 118 valence electrons. The van der Waals surface area contributed by atoms with Gasteiger partial charge in [-0.05, 0) is 74.0 Å². The minimum Gasteiger partial charge on any atom is -0.388 e. The molecule has 0 bridgehead atoms. The third kappa shape index (κ3) is 3.24. The van der Waals surface area contributed by atoms with Crippen molar-refractivity contribution in [3.63, 3.8) is 0 Å². The van der Waals surface area contributed by atoms with Crippen molar-refractivity contribution in [2.45, 2.75) is 31.9 Å². The summed E-state index contributed by atoms with van der Waals surface area (Å²) in [5.41, 5.74) is 2.12. The third-order valence-corrected chi connectivity index (χ3v) is 5.80. The fraction of sp³-hybridized carbons (Fsp3) is 0.444. The van der Waals surface area contributed by atoms with Crippen molar-refractivity contribution in [1.82, 2.24) is 4.90 Å². The van der Waals surface area contributed by atoms with Gasteiger partial charge in [-0.15, -0.1) is 11.3 Å². The highest BCUT2D eigenvalue weighted by molar-refractivity contribution is 7.10. The number of benzene rings is 1. The summed E-state index contributed by atoms with van der Waals surface area (Å²) in [7, 11) is 2.15. The molecule has 0 saturated carbocycles. The van der Waals surface area contributed by atoms with Crippen LogP contribution in [0.15, 0.2) is 35.7 Å². The van der Waals surface area contributed by atoms with E-state index in [1.807, 2.05) is 0 Å². The molecule has 0 spiro atoms. The lowest BCUT2D eigenvalue weighted by molar-refractivity contribution is 0.0403. The number of aliphatic hydroxyl groups is 1. The molecule has 1 aromatic carbocycles. The number of aliphatic hydroxyl groups excluding tert-OH is 1. The van der Waals surface area contributed by atoms with E-state index in [4.69, 9.17) is 0 Å². The Hall–Kier alpha value is -1.23. The van der Waals surface area contributed by atoms with Crippen molar-refractivity contribution in [2.24, 2.45) is 5.92 Å². The number of nitrogens with zero attached hydrogens (tertiary/aromatic N) is 1. The summed E-state index contributed by atoms with van der Waals surface area (Å²) >= 11 is 1.80. The minimum atomic E-state index is -0.516. The highest BCUT2D eigenvalue weighted by Crippen LogP contribution is 2.40. The van der Waals surface area contributed by atoms with Gasteiger partial charge >= 0.3 is 0 Å². The van der Waals surface area contributed by atoms with Gasteiger partial charge in [0.15, 0.2) is 0 Å². The van der Waals surface area contributed by atoms with Crippen molar-refractivity contribution >= 4 is 11.3 Å². The van der Waals surface area contributed by atoms with Crippen LogP contribution in [0.3, 0.4) is 0 Å². The first-order chi connectivity index (χ1) is 10.5. The quantitative estimate of drug-likeness (QED) is 0.911. The second kappa shape index (κ2) is 6.49. The Morgan fingerprint density at radius 3 is 2.68 bits per heavy atom. The van der Waals surface area contributed by atoms with Crippen molar-refractivity contribution in [3.8, 4) is 0 Å². The first-order valence-electron chi connectivity index (χ1n) is 7.73. The number of hydrogen-bond donors (Lipinski definition) is 1. The minimum absolute atomic E-state index is 0.217. The molecule has 1 saturated heterocycles. The number of halogens is 1. The van der Waals surface area contributed by atoms with E-state index in [1.54, 1.807) is 23.5 Å². The maximum Gasteiger partial charge on any atom is 0.123 e. The zero-order valence-electron chi connectivity index (χ0n) is 13.0. The highest BCUT2D eigenvalue weighted by Gasteiger charge is 2.32. The number of hydrogen-bond acceptors (Lipinski definition) is 3. The molecule has 0 radical (unpaired) electrons. The van der Waals surface area contributed by atoms with Crippen LogP contribution in [-0.2, 0) is 0 Å². The van der Waals surface area contributed by atoms with Crippen molar-refractivity contribution in [3.05, 3.63) is 57.5 Å². The fourth-order valence-electron chi connectivity index (χ4n) is 3.29. The molecule has 0 amide bonds. The van der Waals surface area contributed by atoms with Gasteiger partial charge in [0.05, 0.1) is 6.10 Å². The van der Waals surface area contributed by atoms with Gasteiger partial charge in [-0.1, -0.05) is 12.1 Å². The van der Waals surface area contributed by atoms with E-state index >= 15 is 0 Å². The van der Waals surface area contributed by atoms with Gasteiger partial charge < -0.3 is 5.11 Å². The molecule has 3 atom stereocenters. The van der Waals surface area contributed by atoms with Crippen molar-refractivity contribution in [2.75, 3.05) is 13.6 Å².